The van der Waals surface area contributed by atoms with Gasteiger partial charge in [-0.25, -0.2) is 0 Å². The quantitative estimate of drug-likeness (QED) is 0.690. The maximum Gasteiger partial charge on any atom is 0.317 e. The number of rotatable bonds is 7. The minimum Gasteiger partial charge on any atom is -0.455 e. The molecule has 164 valence electrons. The van der Waals surface area contributed by atoms with Crippen LogP contribution in [0.25, 0.3) is 0 Å². The summed E-state index contributed by atoms with van der Waals surface area (Å²) in [6.07, 6.45) is 3.35. The van der Waals surface area contributed by atoms with E-state index in [1.54, 1.807) is 0 Å². The van der Waals surface area contributed by atoms with Crippen LogP contribution in [0.2, 0.25) is 0 Å². The van der Waals surface area contributed by atoms with Crippen molar-refractivity contribution in [3.05, 3.63) is 65.2 Å². The van der Waals surface area contributed by atoms with Crippen LogP contribution in [0.5, 0.6) is 0 Å². The van der Waals surface area contributed by atoms with Crippen molar-refractivity contribution in [2.24, 2.45) is 0 Å². The van der Waals surface area contributed by atoms with Crippen LogP contribution in [0.15, 0.2) is 48.5 Å². The summed E-state index contributed by atoms with van der Waals surface area (Å²) in [7, 11) is 1.53. The van der Waals surface area contributed by atoms with Gasteiger partial charge < -0.3 is 15.0 Å². The molecule has 2 amide bonds. The van der Waals surface area contributed by atoms with Crippen LogP contribution < -0.4 is 5.32 Å². The van der Waals surface area contributed by atoms with Crippen LogP contribution in [-0.4, -0.2) is 42.9 Å². The number of para-hydroxylation sites is 1. The molecule has 2 aromatic carbocycles. The first-order valence-electron chi connectivity index (χ1n) is 10.7. The number of nitrogens with zero attached hydrogens (tertiary/aromatic N) is 1. The molecule has 0 spiro atoms. The monoisotopic (exact) mass is 422 g/mol. The third kappa shape index (κ3) is 5.13. The van der Waals surface area contributed by atoms with Crippen molar-refractivity contribution >= 4 is 23.5 Å². The average molecular weight is 423 g/mol. The molecule has 1 N–H and O–H groups in total. The van der Waals surface area contributed by atoms with Gasteiger partial charge in [0, 0.05) is 12.7 Å². The second-order valence-corrected chi connectivity index (χ2v) is 8.30. The first-order chi connectivity index (χ1) is 14.8. The highest BCUT2D eigenvalue weighted by molar-refractivity contribution is 5.96. The van der Waals surface area contributed by atoms with Crippen molar-refractivity contribution in [2.75, 3.05) is 25.5 Å². The summed E-state index contributed by atoms with van der Waals surface area (Å²) in [5, 5.41) is 2.86. The third-order valence-corrected chi connectivity index (χ3v) is 6.05. The maximum atomic E-state index is 13.0. The van der Waals surface area contributed by atoms with Gasteiger partial charge in [0.15, 0.2) is 6.61 Å². The molecule has 6 nitrogen and oxygen atoms in total. The first-order valence-corrected chi connectivity index (χ1v) is 10.7. The van der Waals surface area contributed by atoms with Gasteiger partial charge in [-0.05, 0) is 43.4 Å². The second kappa shape index (κ2) is 9.77. The van der Waals surface area contributed by atoms with E-state index in [-0.39, 0.29) is 25.0 Å². The molecule has 0 atom stereocenters. The zero-order chi connectivity index (χ0) is 22.4. The highest BCUT2D eigenvalue weighted by Gasteiger charge is 2.44. The fraction of sp³-hybridized carbons (Fsp3) is 0.400. The maximum absolute atomic E-state index is 13.0. The smallest absolute Gasteiger partial charge is 0.317 e. The van der Waals surface area contributed by atoms with Crippen LogP contribution in [0.1, 0.15) is 42.4 Å². The number of benzene rings is 2. The van der Waals surface area contributed by atoms with E-state index in [1.165, 1.54) is 11.9 Å². The third-order valence-electron chi connectivity index (χ3n) is 6.05. The number of aryl methyl sites for hydroxylation is 2. The van der Waals surface area contributed by atoms with Crippen LogP contribution >= 0.6 is 0 Å². The molecular formula is C25H30N2O4. The van der Waals surface area contributed by atoms with Crippen molar-refractivity contribution in [2.45, 2.75) is 44.9 Å². The zero-order valence-electron chi connectivity index (χ0n) is 18.4. The Labute approximate surface area is 183 Å². The summed E-state index contributed by atoms with van der Waals surface area (Å²) in [6, 6.07) is 15.4. The molecule has 0 saturated heterocycles. The van der Waals surface area contributed by atoms with Gasteiger partial charge in [-0.1, -0.05) is 61.4 Å². The highest BCUT2D eigenvalue weighted by atomic mass is 16.5. The van der Waals surface area contributed by atoms with Gasteiger partial charge in [0.1, 0.15) is 0 Å². The normalized spacial score (nSPS) is 14.7. The lowest BCUT2D eigenvalue weighted by Gasteiger charge is -2.27. The first kappa shape index (κ1) is 22.5. The Balaban J connectivity index is 1.56. The van der Waals surface area contributed by atoms with Gasteiger partial charge in [0.2, 0.25) is 5.91 Å². The molecule has 31 heavy (non-hydrogen) atoms. The lowest BCUT2D eigenvalue weighted by molar-refractivity contribution is -0.156. The lowest BCUT2D eigenvalue weighted by atomic mass is 9.79. The van der Waals surface area contributed by atoms with Crippen LogP contribution in [0, 0.1) is 13.8 Å². The number of hydrogen-bond donors (Lipinski definition) is 1. The van der Waals surface area contributed by atoms with Crippen LogP contribution in [-0.2, 0) is 24.5 Å². The summed E-state index contributed by atoms with van der Waals surface area (Å²) >= 11 is 0. The number of ether oxygens (including phenoxy) is 1. The Kier molecular flexibility index (Phi) is 7.10. The molecular weight excluding hydrogens is 392 g/mol. The minimum absolute atomic E-state index is 0.117. The molecule has 0 unspecified atom stereocenters. The van der Waals surface area contributed by atoms with E-state index >= 15 is 0 Å². The van der Waals surface area contributed by atoms with E-state index in [0.29, 0.717) is 0 Å². The number of hydrogen-bond acceptors (Lipinski definition) is 4. The average Bonchev–Trinajstić information content (AvgIpc) is 3.26. The number of carbonyl (C=O) groups is 3. The van der Waals surface area contributed by atoms with E-state index in [4.69, 9.17) is 4.74 Å². The summed E-state index contributed by atoms with van der Waals surface area (Å²) < 4.78 is 5.44. The molecule has 1 aliphatic rings. The standard InChI is InChI=1S/C25H30N2O4/c1-18-10-9-11-19(2)23(18)26-21(28)16-27(3)22(29)17-31-24(30)25(14-7-8-15-25)20-12-5-4-6-13-20/h4-6,9-13H,7-8,14-17H2,1-3H3,(H,26,28). The Morgan fingerprint density at radius 3 is 2.19 bits per heavy atom. The van der Waals surface area contributed by atoms with E-state index in [9.17, 15) is 14.4 Å². The van der Waals surface area contributed by atoms with E-state index in [1.807, 2.05) is 62.4 Å². The molecule has 1 fully saturated rings. The second-order valence-electron chi connectivity index (χ2n) is 8.30. The number of nitrogens with one attached hydrogen (secondary N) is 1. The van der Waals surface area contributed by atoms with Crippen molar-refractivity contribution in [1.82, 2.24) is 4.90 Å². The molecule has 6 heteroatoms. The summed E-state index contributed by atoms with van der Waals surface area (Å²) in [4.78, 5) is 39.1. The number of anilines is 1. The Morgan fingerprint density at radius 1 is 0.968 bits per heavy atom. The van der Waals surface area contributed by atoms with Crippen molar-refractivity contribution < 1.29 is 19.1 Å². The zero-order valence-corrected chi connectivity index (χ0v) is 18.4. The molecule has 0 aliphatic heterocycles. The molecule has 2 aromatic rings. The summed E-state index contributed by atoms with van der Waals surface area (Å²) in [6.45, 7) is 3.35. The van der Waals surface area contributed by atoms with Gasteiger partial charge in [-0.15, -0.1) is 0 Å². The van der Waals surface area contributed by atoms with E-state index < -0.39 is 11.3 Å². The predicted molar refractivity (Wildman–Crippen MR) is 120 cm³/mol. The van der Waals surface area contributed by atoms with Crippen molar-refractivity contribution in [3.8, 4) is 0 Å². The number of likely N-dealkylation sites (N-methyl/N-ethyl adjacent to an activating group) is 1. The molecule has 1 aliphatic carbocycles. The molecule has 3 rings (SSSR count). The van der Waals surface area contributed by atoms with Gasteiger partial charge in [0.05, 0.1) is 12.0 Å². The summed E-state index contributed by atoms with van der Waals surface area (Å²) in [5.41, 5.74) is 2.93. The fourth-order valence-corrected chi connectivity index (χ4v) is 4.22. The lowest BCUT2D eigenvalue weighted by Crippen LogP contribution is -2.40. The molecule has 0 radical (unpaired) electrons. The Bertz CT molecular complexity index is 929. The fourth-order valence-electron chi connectivity index (χ4n) is 4.22. The highest BCUT2D eigenvalue weighted by Crippen LogP contribution is 2.42. The molecule has 0 bridgehead atoms. The van der Waals surface area contributed by atoms with Gasteiger partial charge >= 0.3 is 5.97 Å². The number of esters is 1. The number of carbonyl (C=O) groups excluding carboxylic acids is 3. The van der Waals surface area contributed by atoms with E-state index in [0.717, 1.165) is 48.1 Å². The van der Waals surface area contributed by atoms with Crippen molar-refractivity contribution in [1.29, 1.82) is 0 Å². The predicted octanol–water partition coefficient (Wildman–Crippen LogP) is 3.76. The van der Waals surface area contributed by atoms with Crippen LogP contribution in [0.3, 0.4) is 0 Å². The topological polar surface area (TPSA) is 75.7 Å². The SMILES string of the molecule is Cc1cccc(C)c1NC(=O)CN(C)C(=O)COC(=O)C1(c2ccccc2)CCCC1. The molecule has 0 heterocycles. The van der Waals surface area contributed by atoms with Gasteiger partial charge in [0.25, 0.3) is 5.91 Å². The van der Waals surface area contributed by atoms with Crippen molar-refractivity contribution in [3.63, 3.8) is 0 Å². The number of amides is 2. The molecule has 1 saturated carbocycles. The summed E-state index contributed by atoms with van der Waals surface area (Å²) in [5.74, 6) is -1.07. The van der Waals surface area contributed by atoms with Crippen LogP contribution in [0.4, 0.5) is 5.69 Å². The van der Waals surface area contributed by atoms with Gasteiger partial charge in [-0.2, -0.15) is 0 Å². The minimum atomic E-state index is -0.681. The Morgan fingerprint density at radius 2 is 1.58 bits per heavy atom. The Hall–Kier alpha value is -3.15. The van der Waals surface area contributed by atoms with Gasteiger partial charge in [-0.3, -0.25) is 14.4 Å². The molecule has 0 aromatic heterocycles. The van der Waals surface area contributed by atoms with E-state index in [2.05, 4.69) is 5.32 Å². The largest absolute Gasteiger partial charge is 0.455 e.